The van der Waals surface area contributed by atoms with Gasteiger partial charge in [-0.15, -0.1) is 0 Å². The number of rotatable bonds is 1. The van der Waals surface area contributed by atoms with Crippen molar-refractivity contribution in [3.63, 3.8) is 0 Å². The fourth-order valence-electron chi connectivity index (χ4n) is 1.45. The third-order valence-corrected chi connectivity index (χ3v) is 4.86. The number of alkyl halides is 2. The summed E-state index contributed by atoms with van der Waals surface area (Å²) < 4.78 is 10.7. The number of benzene rings is 1. The maximum atomic E-state index is 5.57. The van der Waals surface area contributed by atoms with Crippen molar-refractivity contribution in [1.29, 1.82) is 0 Å². The van der Waals surface area contributed by atoms with Crippen LogP contribution in [0.15, 0.2) is 18.2 Å². The Bertz CT molecular complexity index is 341. The lowest BCUT2D eigenvalue weighted by Gasteiger charge is -2.26. The molecule has 0 radical (unpaired) electrons. The van der Waals surface area contributed by atoms with E-state index in [-0.39, 0.29) is 4.83 Å². The van der Waals surface area contributed by atoms with Crippen molar-refractivity contribution in [1.82, 2.24) is 0 Å². The second kappa shape index (κ2) is 4.11. The van der Waals surface area contributed by atoms with Crippen LogP contribution >= 0.6 is 31.9 Å². The summed E-state index contributed by atoms with van der Waals surface area (Å²) in [5, 5.41) is 0. The van der Waals surface area contributed by atoms with E-state index in [1.165, 1.54) is 0 Å². The number of fused-ring (bicyclic) bond motifs is 1. The maximum Gasteiger partial charge on any atom is 0.123 e. The summed E-state index contributed by atoms with van der Waals surface area (Å²) in [6.07, 6.45) is 0. The van der Waals surface area contributed by atoms with Crippen LogP contribution in [0, 0.1) is 0 Å². The Morgan fingerprint density at radius 3 is 2.93 bits per heavy atom. The first-order chi connectivity index (χ1) is 6.72. The van der Waals surface area contributed by atoms with Crippen molar-refractivity contribution >= 4 is 31.9 Å². The highest BCUT2D eigenvalue weighted by Gasteiger charge is 2.27. The van der Waals surface area contributed by atoms with E-state index in [2.05, 4.69) is 31.9 Å². The number of methoxy groups -OCH3 is 1. The Kier molecular flexibility index (Phi) is 3.02. The smallest absolute Gasteiger partial charge is 0.123 e. The first-order valence-corrected chi connectivity index (χ1v) is 6.14. The summed E-state index contributed by atoms with van der Waals surface area (Å²) in [4.78, 5) is 0.587. The molecule has 0 N–H and O–H groups in total. The second-order valence-electron chi connectivity index (χ2n) is 3.13. The minimum Gasteiger partial charge on any atom is -0.497 e. The van der Waals surface area contributed by atoms with E-state index >= 15 is 0 Å². The third kappa shape index (κ3) is 1.77. The second-order valence-corrected chi connectivity index (χ2v) is 5.30. The summed E-state index contributed by atoms with van der Waals surface area (Å²) >= 11 is 7.19. The standard InChI is InChI=1S/C10H10Br2O2/c1-13-6-2-3-9-7(4-6)10(12)8(11)5-14-9/h2-4,8,10H,5H2,1H3. The third-order valence-electron chi connectivity index (χ3n) is 2.23. The van der Waals surface area contributed by atoms with E-state index in [0.29, 0.717) is 11.4 Å². The molecule has 0 fully saturated rings. The predicted octanol–water partition coefficient (Wildman–Crippen LogP) is 3.29. The average Bonchev–Trinajstić information content (AvgIpc) is 2.23. The molecule has 1 heterocycles. The number of halogens is 2. The average molecular weight is 322 g/mol. The highest BCUT2D eigenvalue weighted by molar-refractivity contribution is 9.12. The topological polar surface area (TPSA) is 18.5 Å². The summed E-state index contributed by atoms with van der Waals surface area (Å²) in [6.45, 7) is 0.690. The van der Waals surface area contributed by atoms with Crippen LogP contribution in [-0.4, -0.2) is 18.5 Å². The van der Waals surface area contributed by atoms with E-state index in [1.54, 1.807) is 7.11 Å². The Labute approximate surface area is 99.8 Å². The van der Waals surface area contributed by atoms with E-state index in [0.717, 1.165) is 17.1 Å². The van der Waals surface area contributed by atoms with Gasteiger partial charge in [0.15, 0.2) is 0 Å². The van der Waals surface area contributed by atoms with Crippen LogP contribution in [0.3, 0.4) is 0 Å². The lowest BCUT2D eigenvalue weighted by molar-refractivity contribution is 0.294. The molecule has 0 amide bonds. The zero-order valence-electron chi connectivity index (χ0n) is 7.67. The first-order valence-electron chi connectivity index (χ1n) is 4.31. The molecule has 0 spiro atoms. The van der Waals surface area contributed by atoms with Gasteiger partial charge >= 0.3 is 0 Å². The van der Waals surface area contributed by atoms with Gasteiger partial charge in [-0.3, -0.25) is 0 Å². The first kappa shape index (κ1) is 10.3. The lowest BCUT2D eigenvalue weighted by Crippen LogP contribution is -2.22. The van der Waals surface area contributed by atoms with Crippen molar-refractivity contribution in [2.24, 2.45) is 0 Å². The molecular weight excluding hydrogens is 312 g/mol. The summed E-state index contributed by atoms with van der Waals surface area (Å²) in [5.41, 5.74) is 1.14. The van der Waals surface area contributed by atoms with Crippen molar-refractivity contribution in [2.45, 2.75) is 9.65 Å². The molecule has 2 nitrogen and oxygen atoms in total. The molecule has 76 valence electrons. The molecule has 2 unspecified atom stereocenters. The Hall–Kier alpha value is -0.220. The minimum absolute atomic E-state index is 0.279. The molecule has 0 aliphatic carbocycles. The van der Waals surface area contributed by atoms with Crippen LogP contribution in [0.5, 0.6) is 11.5 Å². The summed E-state index contributed by atoms with van der Waals surface area (Å²) in [7, 11) is 1.67. The zero-order chi connectivity index (χ0) is 10.1. The quantitative estimate of drug-likeness (QED) is 0.739. The van der Waals surface area contributed by atoms with Gasteiger partial charge in [-0.05, 0) is 18.2 Å². The van der Waals surface area contributed by atoms with Crippen LogP contribution < -0.4 is 9.47 Å². The molecule has 1 aliphatic rings. The van der Waals surface area contributed by atoms with Gasteiger partial charge in [0.25, 0.3) is 0 Å². The van der Waals surface area contributed by atoms with Gasteiger partial charge in [-0.2, -0.15) is 0 Å². The van der Waals surface area contributed by atoms with Gasteiger partial charge in [-0.25, -0.2) is 0 Å². The lowest BCUT2D eigenvalue weighted by atomic mass is 10.1. The minimum atomic E-state index is 0.279. The van der Waals surface area contributed by atoms with Gasteiger partial charge in [0, 0.05) is 5.56 Å². The maximum absolute atomic E-state index is 5.57. The molecule has 0 saturated carbocycles. The van der Waals surface area contributed by atoms with Gasteiger partial charge in [0.05, 0.1) is 16.8 Å². The van der Waals surface area contributed by atoms with E-state index < -0.39 is 0 Å². The summed E-state index contributed by atoms with van der Waals surface area (Å²) in [6, 6.07) is 5.86. The van der Waals surface area contributed by atoms with Crippen molar-refractivity contribution in [3.05, 3.63) is 23.8 Å². The van der Waals surface area contributed by atoms with Crippen molar-refractivity contribution in [3.8, 4) is 11.5 Å². The molecule has 2 atom stereocenters. The van der Waals surface area contributed by atoms with Crippen LogP contribution in [0.4, 0.5) is 0 Å². The Morgan fingerprint density at radius 1 is 1.43 bits per heavy atom. The van der Waals surface area contributed by atoms with Gasteiger partial charge in [-0.1, -0.05) is 31.9 Å². The van der Waals surface area contributed by atoms with Crippen LogP contribution in [0.25, 0.3) is 0 Å². The van der Waals surface area contributed by atoms with Gasteiger partial charge in [0.2, 0.25) is 0 Å². The van der Waals surface area contributed by atoms with Crippen molar-refractivity contribution in [2.75, 3.05) is 13.7 Å². The highest BCUT2D eigenvalue weighted by atomic mass is 79.9. The molecule has 1 aromatic carbocycles. The Morgan fingerprint density at radius 2 is 2.21 bits per heavy atom. The largest absolute Gasteiger partial charge is 0.497 e. The van der Waals surface area contributed by atoms with Crippen LogP contribution in [-0.2, 0) is 0 Å². The monoisotopic (exact) mass is 320 g/mol. The van der Waals surface area contributed by atoms with Crippen LogP contribution in [0.1, 0.15) is 10.4 Å². The van der Waals surface area contributed by atoms with E-state index in [9.17, 15) is 0 Å². The number of hydrogen-bond donors (Lipinski definition) is 0. The molecule has 14 heavy (non-hydrogen) atoms. The Balaban J connectivity index is 2.41. The van der Waals surface area contributed by atoms with Crippen LogP contribution in [0.2, 0.25) is 0 Å². The number of hydrogen-bond acceptors (Lipinski definition) is 2. The molecule has 1 aromatic rings. The van der Waals surface area contributed by atoms with E-state index in [4.69, 9.17) is 9.47 Å². The van der Waals surface area contributed by atoms with Gasteiger partial charge in [0.1, 0.15) is 18.1 Å². The fraction of sp³-hybridized carbons (Fsp3) is 0.400. The molecule has 0 saturated heterocycles. The fourth-order valence-corrected chi connectivity index (χ4v) is 2.38. The summed E-state index contributed by atoms with van der Waals surface area (Å²) in [5.74, 6) is 1.79. The highest BCUT2D eigenvalue weighted by Crippen LogP contribution is 2.42. The number of ether oxygens (including phenoxy) is 2. The molecular formula is C10H10Br2O2. The van der Waals surface area contributed by atoms with Crippen molar-refractivity contribution < 1.29 is 9.47 Å². The molecule has 0 bridgehead atoms. The normalized spacial score (nSPS) is 25.1. The molecule has 2 rings (SSSR count). The molecule has 0 aromatic heterocycles. The zero-order valence-corrected chi connectivity index (χ0v) is 10.8. The van der Waals surface area contributed by atoms with E-state index in [1.807, 2.05) is 18.2 Å². The van der Waals surface area contributed by atoms with Gasteiger partial charge < -0.3 is 9.47 Å². The predicted molar refractivity (Wildman–Crippen MR) is 62.9 cm³/mol. The SMILES string of the molecule is COc1ccc2c(c1)C(Br)C(Br)CO2. The molecule has 1 aliphatic heterocycles. The molecule has 4 heteroatoms.